The maximum Gasteiger partial charge on any atom is 0.119 e. The number of rotatable bonds is 4. The summed E-state index contributed by atoms with van der Waals surface area (Å²) < 4.78 is 14.4. The fourth-order valence-corrected chi connectivity index (χ4v) is 2.78. The number of aromatic nitrogens is 1. The minimum absolute atomic E-state index is 0.105. The zero-order valence-electron chi connectivity index (χ0n) is 14.2. The van der Waals surface area contributed by atoms with Crippen LogP contribution in [0.15, 0.2) is 60.7 Å². The lowest BCUT2D eigenvalue weighted by Crippen LogP contribution is -2.10. The molecule has 0 saturated heterocycles. The van der Waals surface area contributed by atoms with E-state index in [0.717, 1.165) is 27.9 Å². The quantitative estimate of drug-likeness (QED) is 0.672. The van der Waals surface area contributed by atoms with Gasteiger partial charge in [-0.1, -0.05) is 50.2 Å². The van der Waals surface area contributed by atoms with Crippen molar-refractivity contribution in [3.63, 3.8) is 0 Å². The Morgan fingerprint density at radius 2 is 1.77 bits per heavy atom. The molecule has 0 N–H and O–H groups in total. The van der Waals surface area contributed by atoms with Crippen LogP contribution >= 0.6 is 0 Å². The number of hydrogen-bond acceptors (Lipinski definition) is 2. The van der Waals surface area contributed by atoms with Crippen molar-refractivity contribution in [3.8, 4) is 5.75 Å². The molecular formula is C20H21NO. The summed E-state index contributed by atoms with van der Waals surface area (Å²) >= 11 is 0. The van der Waals surface area contributed by atoms with E-state index in [1.165, 1.54) is 0 Å². The van der Waals surface area contributed by atoms with Crippen molar-refractivity contribution in [2.24, 2.45) is 5.92 Å². The molecule has 2 heteroatoms. The van der Waals surface area contributed by atoms with Crippen LogP contribution in [-0.4, -0.2) is 12.1 Å². The van der Waals surface area contributed by atoms with Crippen LogP contribution in [0.4, 0.5) is 0 Å². The zero-order valence-corrected chi connectivity index (χ0v) is 13.2. The molecular weight excluding hydrogens is 270 g/mol. The van der Waals surface area contributed by atoms with Crippen LogP contribution in [0.2, 0.25) is 0 Å². The maximum atomic E-state index is 9.12. The normalized spacial score (nSPS) is 14.6. The Balaban J connectivity index is 2.16. The van der Waals surface area contributed by atoms with Gasteiger partial charge in [0, 0.05) is 18.3 Å². The van der Waals surface area contributed by atoms with E-state index in [2.05, 4.69) is 13.8 Å². The van der Waals surface area contributed by atoms with E-state index in [9.17, 15) is 0 Å². The number of pyridine rings is 1. The van der Waals surface area contributed by atoms with E-state index in [-0.39, 0.29) is 5.92 Å². The van der Waals surface area contributed by atoms with Crippen LogP contribution in [0.1, 0.15) is 32.4 Å². The molecule has 0 bridgehead atoms. The van der Waals surface area contributed by atoms with Gasteiger partial charge in [0.15, 0.2) is 0 Å². The molecule has 22 heavy (non-hydrogen) atoms. The molecule has 1 atom stereocenters. The largest absolute Gasteiger partial charge is 0.497 e. The summed E-state index contributed by atoms with van der Waals surface area (Å²) in [7, 11) is 1.66. The van der Waals surface area contributed by atoms with Gasteiger partial charge in [-0.2, -0.15) is 0 Å². The number of fused-ring (bicyclic) bond motifs is 1. The monoisotopic (exact) mass is 292 g/mol. The second-order valence-electron chi connectivity index (χ2n) is 5.69. The Kier molecular flexibility index (Phi) is 3.75. The first kappa shape index (κ1) is 13.3. The van der Waals surface area contributed by atoms with Crippen molar-refractivity contribution in [3.05, 3.63) is 71.9 Å². The van der Waals surface area contributed by atoms with Gasteiger partial charge in [0.05, 0.1) is 12.6 Å². The van der Waals surface area contributed by atoms with Gasteiger partial charge in [-0.15, -0.1) is 0 Å². The number of ether oxygens (including phenoxy) is 1. The second kappa shape index (κ2) is 6.18. The number of benzene rings is 2. The van der Waals surface area contributed by atoms with E-state index in [0.29, 0.717) is 0 Å². The van der Waals surface area contributed by atoms with Crippen molar-refractivity contribution >= 4 is 10.9 Å². The van der Waals surface area contributed by atoms with E-state index >= 15 is 0 Å². The highest BCUT2D eigenvalue weighted by Gasteiger charge is 2.19. The van der Waals surface area contributed by atoms with Crippen LogP contribution in [0.5, 0.6) is 5.75 Å². The topological polar surface area (TPSA) is 22.1 Å². The number of nitrogens with zero attached hydrogens (tertiary/aromatic N) is 1. The third-order valence-electron chi connectivity index (χ3n) is 3.83. The van der Waals surface area contributed by atoms with Gasteiger partial charge in [0.1, 0.15) is 5.75 Å². The average Bonchev–Trinajstić information content (AvgIpc) is 2.60. The lowest BCUT2D eigenvalue weighted by atomic mass is 9.85. The molecule has 3 rings (SSSR count). The molecule has 0 saturated carbocycles. The molecule has 2 nitrogen and oxygen atoms in total. The molecule has 0 aliphatic rings. The lowest BCUT2D eigenvalue weighted by molar-refractivity contribution is 0.415. The third kappa shape index (κ3) is 2.82. The van der Waals surface area contributed by atoms with Crippen LogP contribution in [0.3, 0.4) is 0 Å². The van der Waals surface area contributed by atoms with E-state index < -0.39 is 5.89 Å². The van der Waals surface area contributed by atoms with Crippen molar-refractivity contribution in [2.45, 2.75) is 19.7 Å². The highest BCUT2D eigenvalue weighted by molar-refractivity contribution is 5.80. The summed E-state index contributed by atoms with van der Waals surface area (Å²) in [5.74, 6) is 0.0549. The Morgan fingerprint density at radius 3 is 2.45 bits per heavy atom. The minimum atomic E-state index is -0.866. The molecule has 0 radical (unpaired) electrons. The molecule has 0 spiro atoms. The molecule has 0 amide bonds. The highest BCUT2D eigenvalue weighted by atomic mass is 16.5. The van der Waals surface area contributed by atoms with Crippen LogP contribution in [-0.2, 0) is 0 Å². The Bertz CT molecular complexity index is 816. The zero-order chi connectivity index (χ0) is 16.4. The van der Waals surface area contributed by atoms with E-state index in [1.807, 2.05) is 60.7 Å². The van der Waals surface area contributed by atoms with Crippen molar-refractivity contribution < 1.29 is 6.11 Å². The summed E-state index contributed by atoms with van der Waals surface area (Å²) in [5.41, 5.74) is 2.63. The summed E-state index contributed by atoms with van der Waals surface area (Å²) in [6.07, 6.45) is 0. The van der Waals surface area contributed by atoms with E-state index in [4.69, 9.17) is 11.1 Å². The maximum absolute atomic E-state index is 9.12. The molecule has 1 heterocycles. The number of methoxy groups -OCH3 is 1. The van der Waals surface area contributed by atoms with Gasteiger partial charge in [-0.05, 0) is 35.7 Å². The average molecular weight is 292 g/mol. The van der Waals surface area contributed by atoms with Crippen molar-refractivity contribution in [2.75, 3.05) is 7.11 Å². The summed E-state index contributed by atoms with van der Waals surface area (Å²) in [6, 6.07) is 19.8. The number of hydrogen-bond donors (Lipinski definition) is 0. The molecule has 0 fully saturated rings. The Labute approximate surface area is 133 Å². The molecule has 3 aromatic rings. The highest BCUT2D eigenvalue weighted by Crippen LogP contribution is 2.32. The summed E-state index contributed by atoms with van der Waals surface area (Å²) in [5, 5.41) is 1.02. The van der Waals surface area contributed by atoms with Gasteiger partial charge < -0.3 is 4.74 Å². The summed E-state index contributed by atoms with van der Waals surface area (Å²) in [4.78, 5) is 4.78. The first-order valence-corrected chi connectivity index (χ1v) is 7.56. The smallest absolute Gasteiger partial charge is 0.119 e. The molecule has 0 aliphatic carbocycles. The van der Waals surface area contributed by atoms with Gasteiger partial charge in [0.2, 0.25) is 0 Å². The first-order valence-electron chi connectivity index (χ1n) is 8.06. The Hall–Kier alpha value is -2.35. The molecule has 112 valence electrons. The van der Waals surface area contributed by atoms with E-state index in [1.54, 1.807) is 7.11 Å². The van der Waals surface area contributed by atoms with Crippen LogP contribution in [0.25, 0.3) is 10.9 Å². The Morgan fingerprint density at radius 1 is 1.00 bits per heavy atom. The third-order valence-corrected chi connectivity index (χ3v) is 3.83. The second-order valence-corrected chi connectivity index (χ2v) is 5.69. The predicted octanol–water partition coefficient (Wildman–Crippen LogP) is 5.03. The standard InChI is InChI=1S/C20H21NO/c1-14(2)20(15-7-5-4-6-8-15)19-11-9-16-13-17(22-3)10-12-18(16)21-19/h4-14,20H,1-3H3/i20D. The molecule has 1 unspecified atom stereocenters. The van der Waals surface area contributed by atoms with Crippen molar-refractivity contribution in [1.82, 2.24) is 4.98 Å². The lowest BCUT2D eigenvalue weighted by Gasteiger charge is -2.21. The van der Waals surface area contributed by atoms with Crippen LogP contribution < -0.4 is 4.74 Å². The fourth-order valence-electron chi connectivity index (χ4n) is 2.78. The molecule has 2 aromatic carbocycles. The molecule has 1 aromatic heterocycles. The predicted molar refractivity (Wildman–Crippen MR) is 91.4 cm³/mol. The summed E-state index contributed by atoms with van der Waals surface area (Å²) in [6.45, 7) is 4.14. The van der Waals surface area contributed by atoms with Gasteiger partial charge in [0.25, 0.3) is 0 Å². The SMILES string of the molecule is [2H]C(c1ccccc1)(c1ccc2cc(OC)ccc2n1)C(C)C. The van der Waals surface area contributed by atoms with Crippen LogP contribution in [0, 0.1) is 5.92 Å². The first-order chi connectivity index (χ1) is 11.1. The van der Waals surface area contributed by atoms with Gasteiger partial charge in [-0.25, -0.2) is 0 Å². The molecule has 0 aliphatic heterocycles. The minimum Gasteiger partial charge on any atom is -0.497 e. The van der Waals surface area contributed by atoms with Crippen molar-refractivity contribution in [1.29, 1.82) is 0 Å². The van der Waals surface area contributed by atoms with Gasteiger partial charge in [-0.3, -0.25) is 4.98 Å². The fraction of sp³-hybridized carbons (Fsp3) is 0.250. The van der Waals surface area contributed by atoms with Gasteiger partial charge >= 0.3 is 0 Å².